The quantitative estimate of drug-likeness (QED) is 0.768. The molecule has 2 rings (SSSR count). The maximum absolute atomic E-state index is 12.0. The Morgan fingerprint density at radius 3 is 2.94 bits per heavy atom. The number of aromatic nitrogens is 3. The van der Waals surface area contributed by atoms with Gasteiger partial charge in [0.2, 0.25) is 0 Å². The maximum Gasteiger partial charge on any atom is 0.276 e. The molecule has 5 heteroatoms. The van der Waals surface area contributed by atoms with Crippen LogP contribution in [0.25, 0.3) is 5.52 Å². The first-order valence-electron chi connectivity index (χ1n) is 5.38. The van der Waals surface area contributed by atoms with Gasteiger partial charge in [-0.2, -0.15) is 5.10 Å². The number of aliphatic hydroxyl groups excluding tert-OH is 1. The average Bonchev–Trinajstić information content (AvgIpc) is 2.64. The molecule has 2 heterocycles. The Morgan fingerprint density at radius 2 is 2.19 bits per heavy atom. The molecule has 0 atom stereocenters. The first-order chi connectivity index (χ1) is 7.72. The zero-order valence-electron chi connectivity index (χ0n) is 9.26. The summed E-state index contributed by atoms with van der Waals surface area (Å²) in [7, 11) is 0. The summed E-state index contributed by atoms with van der Waals surface area (Å²) in [6.45, 7) is 2.67. The summed E-state index contributed by atoms with van der Waals surface area (Å²) < 4.78 is 3.26. The van der Waals surface area contributed by atoms with E-state index in [4.69, 9.17) is 5.11 Å². The molecule has 0 saturated heterocycles. The van der Waals surface area contributed by atoms with Gasteiger partial charge in [-0.25, -0.2) is 4.52 Å². The molecule has 0 spiro atoms. The molecule has 1 N–H and O–H groups in total. The molecule has 16 heavy (non-hydrogen) atoms. The topological polar surface area (TPSA) is 59.5 Å². The molecule has 0 bridgehead atoms. The highest BCUT2D eigenvalue weighted by atomic mass is 16.2. The summed E-state index contributed by atoms with van der Waals surface area (Å²) in [4.78, 5) is 12.0. The van der Waals surface area contributed by atoms with E-state index in [9.17, 15) is 4.79 Å². The fourth-order valence-electron chi connectivity index (χ4n) is 1.72. The fraction of sp³-hybridized carbons (Fsp3) is 0.455. The van der Waals surface area contributed by atoms with Crippen LogP contribution >= 0.6 is 0 Å². The van der Waals surface area contributed by atoms with Crippen molar-refractivity contribution in [2.24, 2.45) is 0 Å². The van der Waals surface area contributed by atoms with Crippen LogP contribution in [0.2, 0.25) is 0 Å². The Morgan fingerprint density at radius 1 is 1.38 bits per heavy atom. The number of rotatable bonds is 4. The van der Waals surface area contributed by atoms with Crippen LogP contribution in [0.5, 0.6) is 0 Å². The second-order valence-electron chi connectivity index (χ2n) is 3.84. The van der Waals surface area contributed by atoms with Gasteiger partial charge in [0.1, 0.15) is 5.52 Å². The van der Waals surface area contributed by atoms with Crippen molar-refractivity contribution in [3.63, 3.8) is 0 Å². The van der Waals surface area contributed by atoms with Gasteiger partial charge in [-0.15, -0.1) is 0 Å². The molecule has 0 aliphatic heterocycles. The Kier molecular flexibility index (Phi) is 3.05. The van der Waals surface area contributed by atoms with Gasteiger partial charge in [-0.1, -0.05) is 0 Å². The van der Waals surface area contributed by atoms with Crippen LogP contribution in [0.1, 0.15) is 18.5 Å². The third kappa shape index (κ3) is 1.99. The minimum Gasteiger partial charge on any atom is -0.396 e. The van der Waals surface area contributed by atoms with E-state index in [1.165, 1.54) is 0 Å². The molecule has 0 radical (unpaired) electrons. The molecule has 2 aromatic heterocycles. The summed E-state index contributed by atoms with van der Waals surface area (Å²) in [6, 6.07) is 1.78. The zero-order valence-corrected chi connectivity index (χ0v) is 9.26. The molecule has 5 nitrogen and oxygen atoms in total. The van der Waals surface area contributed by atoms with Crippen LogP contribution in [0.15, 0.2) is 23.3 Å². The lowest BCUT2D eigenvalue weighted by molar-refractivity contribution is 0.281. The maximum atomic E-state index is 12.0. The van der Waals surface area contributed by atoms with Gasteiger partial charge in [-0.05, 0) is 25.8 Å². The van der Waals surface area contributed by atoms with Crippen molar-refractivity contribution in [1.82, 2.24) is 14.2 Å². The lowest BCUT2D eigenvalue weighted by atomic mass is 10.3. The summed E-state index contributed by atoms with van der Waals surface area (Å²) in [5.74, 6) is 0. The first-order valence-corrected chi connectivity index (χ1v) is 5.38. The number of aryl methyl sites for hydroxylation is 2. The smallest absolute Gasteiger partial charge is 0.276 e. The third-order valence-electron chi connectivity index (χ3n) is 2.53. The van der Waals surface area contributed by atoms with Crippen LogP contribution in [0.4, 0.5) is 0 Å². The second-order valence-corrected chi connectivity index (χ2v) is 3.84. The normalized spacial score (nSPS) is 11.1. The number of nitrogens with zero attached hydrogens (tertiary/aromatic N) is 3. The molecular weight excluding hydrogens is 206 g/mol. The number of aliphatic hydroxyl groups is 1. The predicted octanol–water partition coefficient (Wildman–Crippen LogP) is 0.577. The van der Waals surface area contributed by atoms with Crippen molar-refractivity contribution in [2.75, 3.05) is 6.61 Å². The molecule has 0 unspecified atom stereocenters. The number of hydrogen-bond donors (Lipinski definition) is 1. The van der Waals surface area contributed by atoms with Crippen LogP contribution in [0.3, 0.4) is 0 Å². The summed E-state index contributed by atoms with van der Waals surface area (Å²) in [5.41, 5.74) is 1.41. The van der Waals surface area contributed by atoms with E-state index in [2.05, 4.69) is 5.10 Å². The second kappa shape index (κ2) is 4.49. The van der Waals surface area contributed by atoms with Crippen molar-refractivity contribution < 1.29 is 5.11 Å². The van der Waals surface area contributed by atoms with E-state index in [-0.39, 0.29) is 12.2 Å². The van der Waals surface area contributed by atoms with E-state index < -0.39 is 0 Å². The SMILES string of the molecule is Cc1cc2c(=O)n(CCCCO)ccn2n1. The highest BCUT2D eigenvalue weighted by Gasteiger charge is 2.04. The van der Waals surface area contributed by atoms with Gasteiger partial charge in [-0.3, -0.25) is 4.79 Å². The van der Waals surface area contributed by atoms with E-state index >= 15 is 0 Å². The highest BCUT2D eigenvalue weighted by Crippen LogP contribution is 2.00. The van der Waals surface area contributed by atoms with Crippen LogP contribution in [-0.2, 0) is 6.54 Å². The Balaban J connectivity index is 2.33. The lowest BCUT2D eigenvalue weighted by Gasteiger charge is -2.04. The Hall–Kier alpha value is -1.62. The fourth-order valence-corrected chi connectivity index (χ4v) is 1.72. The van der Waals surface area contributed by atoms with Gasteiger partial charge >= 0.3 is 0 Å². The first kappa shape index (κ1) is 10.9. The molecule has 0 aromatic carbocycles. The van der Waals surface area contributed by atoms with Crippen molar-refractivity contribution in [1.29, 1.82) is 0 Å². The van der Waals surface area contributed by atoms with Gasteiger partial charge in [0, 0.05) is 25.5 Å². The minimum absolute atomic E-state index is 0.0268. The van der Waals surface area contributed by atoms with E-state index in [1.54, 1.807) is 27.5 Å². The van der Waals surface area contributed by atoms with Crippen molar-refractivity contribution in [3.8, 4) is 0 Å². The zero-order chi connectivity index (χ0) is 11.5. The third-order valence-corrected chi connectivity index (χ3v) is 2.53. The van der Waals surface area contributed by atoms with Crippen molar-refractivity contribution in [2.45, 2.75) is 26.3 Å². The molecule has 2 aromatic rings. The molecule has 0 amide bonds. The molecule has 0 aliphatic rings. The van der Waals surface area contributed by atoms with Gasteiger partial charge in [0.25, 0.3) is 5.56 Å². The molecule has 0 fully saturated rings. The number of fused-ring (bicyclic) bond motifs is 1. The van der Waals surface area contributed by atoms with Gasteiger partial charge in [0.15, 0.2) is 0 Å². The molecular formula is C11H15N3O2. The lowest BCUT2D eigenvalue weighted by Crippen LogP contribution is -2.21. The van der Waals surface area contributed by atoms with Gasteiger partial charge in [0.05, 0.1) is 5.69 Å². The molecule has 0 aliphatic carbocycles. The van der Waals surface area contributed by atoms with Crippen LogP contribution < -0.4 is 5.56 Å². The van der Waals surface area contributed by atoms with Crippen molar-refractivity contribution >= 4 is 5.52 Å². The summed E-state index contributed by atoms with van der Waals surface area (Å²) in [5, 5.41) is 12.9. The summed E-state index contributed by atoms with van der Waals surface area (Å²) in [6.07, 6.45) is 5.04. The van der Waals surface area contributed by atoms with E-state index in [0.29, 0.717) is 12.1 Å². The Labute approximate surface area is 92.9 Å². The molecule has 0 saturated carbocycles. The van der Waals surface area contributed by atoms with Crippen LogP contribution in [0, 0.1) is 6.92 Å². The monoisotopic (exact) mass is 221 g/mol. The van der Waals surface area contributed by atoms with E-state index in [1.807, 2.05) is 6.92 Å². The Bertz CT molecular complexity index is 542. The van der Waals surface area contributed by atoms with E-state index in [0.717, 1.165) is 18.5 Å². The van der Waals surface area contributed by atoms with Crippen molar-refractivity contribution in [3.05, 3.63) is 34.5 Å². The van der Waals surface area contributed by atoms with Gasteiger partial charge < -0.3 is 9.67 Å². The number of hydrogen-bond acceptors (Lipinski definition) is 3. The number of unbranched alkanes of at least 4 members (excludes halogenated alkanes) is 1. The summed E-state index contributed by atoms with van der Waals surface area (Å²) >= 11 is 0. The average molecular weight is 221 g/mol. The standard InChI is InChI=1S/C11H15N3O2/c1-9-8-10-11(16)13(4-2-3-7-15)5-6-14(10)12-9/h5-6,8,15H,2-4,7H2,1H3. The van der Waals surface area contributed by atoms with Crippen LogP contribution in [-0.4, -0.2) is 25.9 Å². The minimum atomic E-state index is -0.0268. The molecule has 86 valence electrons. The predicted molar refractivity (Wildman–Crippen MR) is 60.5 cm³/mol. The highest BCUT2D eigenvalue weighted by molar-refractivity contribution is 5.44. The largest absolute Gasteiger partial charge is 0.396 e.